The summed E-state index contributed by atoms with van der Waals surface area (Å²) in [6, 6.07) is 0. The van der Waals surface area contributed by atoms with Crippen molar-refractivity contribution in [3.63, 3.8) is 0 Å². The van der Waals surface area contributed by atoms with Crippen LogP contribution in [-0.2, 0) is 4.79 Å². The highest BCUT2D eigenvalue weighted by Crippen LogP contribution is 1.82. The van der Waals surface area contributed by atoms with Crippen LogP contribution in [0.25, 0.3) is 0 Å². The molecular formula is C4H10N2O3. The van der Waals surface area contributed by atoms with Crippen LogP contribution < -0.4 is 11.0 Å². The first-order valence-electron chi connectivity index (χ1n) is 2.63. The van der Waals surface area contributed by atoms with E-state index in [9.17, 15) is 10.0 Å². The summed E-state index contributed by atoms with van der Waals surface area (Å²) in [5.41, 5.74) is 0. The molecule has 0 aromatic rings. The molecule has 54 valence electrons. The molecule has 0 fully saturated rings. The fourth-order valence-corrected chi connectivity index (χ4v) is 0.414. The lowest BCUT2D eigenvalue weighted by molar-refractivity contribution is -0.861. The third-order valence-electron chi connectivity index (χ3n) is 0.814. The van der Waals surface area contributed by atoms with Gasteiger partial charge >= 0.3 is 5.97 Å². The molecule has 0 aliphatic heterocycles. The maximum atomic E-state index is 10.0. The van der Waals surface area contributed by atoms with Crippen molar-refractivity contribution in [2.24, 2.45) is 5.84 Å². The van der Waals surface area contributed by atoms with Gasteiger partial charge in [0.15, 0.2) is 0 Å². The summed E-state index contributed by atoms with van der Waals surface area (Å²) in [4.78, 5) is 9.83. The average Bonchev–Trinajstić information content (AvgIpc) is 1.63. The molecule has 0 aromatic heterocycles. The van der Waals surface area contributed by atoms with Crippen LogP contribution in [-0.4, -0.2) is 17.6 Å². The van der Waals surface area contributed by atoms with Gasteiger partial charge in [-0.3, -0.25) is 9.97 Å². The number of nitrogens with two attached hydrogens (primary N) is 1. The van der Waals surface area contributed by atoms with E-state index in [0.717, 1.165) is 0 Å². The van der Waals surface area contributed by atoms with E-state index in [0.29, 0.717) is 6.42 Å². The molecule has 0 radical (unpaired) electrons. The maximum absolute atomic E-state index is 10.0. The van der Waals surface area contributed by atoms with Crippen LogP contribution in [0.2, 0.25) is 0 Å². The third-order valence-corrected chi connectivity index (χ3v) is 0.814. The summed E-state index contributed by atoms with van der Waals surface area (Å²) in [6.45, 7) is 0.159. The van der Waals surface area contributed by atoms with Crippen LogP contribution in [0.3, 0.4) is 0 Å². The quantitative estimate of drug-likeness (QED) is 0.309. The zero-order valence-corrected chi connectivity index (χ0v) is 4.96. The lowest BCUT2D eigenvalue weighted by atomic mass is 10.3. The fraction of sp³-hybridized carbons (Fsp3) is 0.750. The number of aliphatic carboxylic acids is 1. The first kappa shape index (κ1) is 8.35. The van der Waals surface area contributed by atoms with E-state index in [-0.39, 0.29) is 13.0 Å². The van der Waals surface area contributed by atoms with Crippen LogP contribution in [0.4, 0.5) is 0 Å². The van der Waals surface area contributed by atoms with Crippen molar-refractivity contribution < 1.29 is 15.1 Å². The van der Waals surface area contributed by atoms with Gasteiger partial charge in [0.2, 0.25) is 0 Å². The van der Waals surface area contributed by atoms with Crippen molar-refractivity contribution >= 4 is 5.97 Å². The molecule has 0 aliphatic rings. The Kier molecular flexibility index (Phi) is 3.94. The second kappa shape index (κ2) is 4.25. The zero-order valence-electron chi connectivity index (χ0n) is 4.96. The van der Waals surface area contributed by atoms with Gasteiger partial charge < -0.3 is 10.3 Å². The summed E-state index contributed by atoms with van der Waals surface area (Å²) in [5, 5.41) is 17.6. The van der Waals surface area contributed by atoms with Crippen LogP contribution in [0.1, 0.15) is 12.8 Å². The molecule has 1 unspecified atom stereocenters. The topological polar surface area (TPSA) is 90.8 Å². The lowest BCUT2D eigenvalue weighted by Gasteiger charge is -2.12. The lowest BCUT2D eigenvalue weighted by Crippen LogP contribution is -3.13. The Morgan fingerprint density at radius 2 is 2.33 bits per heavy atom. The maximum Gasteiger partial charge on any atom is 0.303 e. The molecule has 0 heterocycles. The van der Waals surface area contributed by atoms with Crippen LogP contribution >= 0.6 is 0 Å². The number of hydrogen-bond acceptors (Lipinski definition) is 3. The van der Waals surface area contributed by atoms with Crippen LogP contribution in [0.15, 0.2) is 0 Å². The van der Waals surface area contributed by atoms with E-state index in [2.05, 4.69) is 0 Å². The summed E-state index contributed by atoms with van der Waals surface area (Å²) >= 11 is 0. The summed E-state index contributed by atoms with van der Waals surface area (Å²) in [5.74, 6) is 3.85. The third kappa shape index (κ3) is 7.35. The molecule has 9 heavy (non-hydrogen) atoms. The standard InChI is InChI=1S/C4H10N2O3/c5-6(9)3-1-2-4(7)8/h6H,1-3,5H2,(H,7,8). The smallest absolute Gasteiger partial charge is 0.303 e. The highest BCUT2D eigenvalue weighted by molar-refractivity contribution is 5.66. The fourth-order valence-electron chi connectivity index (χ4n) is 0.414. The first-order chi connectivity index (χ1) is 4.13. The number of carboxylic acids is 1. The van der Waals surface area contributed by atoms with Gasteiger partial charge in [0.25, 0.3) is 0 Å². The van der Waals surface area contributed by atoms with Crippen molar-refractivity contribution in [3.05, 3.63) is 5.21 Å². The van der Waals surface area contributed by atoms with Gasteiger partial charge in [0.1, 0.15) is 0 Å². The van der Waals surface area contributed by atoms with Crippen molar-refractivity contribution in [1.29, 1.82) is 0 Å². The number of carbonyl (C=O) groups is 1. The summed E-state index contributed by atoms with van der Waals surface area (Å²) in [7, 11) is 0. The SMILES string of the molecule is N[NH+]([O-])CCCC(=O)O. The second-order valence-corrected chi connectivity index (χ2v) is 1.71. The van der Waals surface area contributed by atoms with Crippen molar-refractivity contribution in [1.82, 2.24) is 0 Å². The van der Waals surface area contributed by atoms with E-state index in [1.807, 2.05) is 0 Å². The Labute approximate surface area is 52.6 Å². The molecule has 5 heteroatoms. The molecule has 0 aromatic carbocycles. The highest BCUT2D eigenvalue weighted by Gasteiger charge is 1.96. The largest absolute Gasteiger partial charge is 0.613 e. The van der Waals surface area contributed by atoms with Crippen LogP contribution in [0.5, 0.6) is 0 Å². The molecule has 4 N–H and O–H groups in total. The Hall–Kier alpha value is -0.650. The molecule has 0 saturated heterocycles. The predicted octanol–water partition coefficient (Wildman–Crippen LogP) is -1.89. The van der Waals surface area contributed by atoms with E-state index < -0.39 is 11.1 Å². The molecule has 0 amide bonds. The van der Waals surface area contributed by atoms with Gasteiger partial charge in [-0.2, -0.15) is 5.84 Å². The Bertz CT molecular complexity index is 93.8. The number of nitrogens with one attached hydrogen (secondary N) is 1. The van der Waals surface area contributed by atoms with E-state index in [1.165, 1.54) is 0 Å². The van der Waals surface area contributed by atoms with Gasteiger partial charge in [-0.25, -0.2) is 0 Å². The van der Waals surface area contributed by atoms with E-state index in [1.54, 1.807) is 0 Å². The van der Waals surface area contributed by atoms with Gasteiger partial charge in [-0.05, 0) is 0 Å². The van der Waals surface area contributed by atoms with Crippen molar-refractivity contribution in [2.45, 2.75) is 12.8 Å². The molecule has 5 nitrogen and oxygen atoms in total. The number of hydroxylamine groups is 1. The molecule has 0 spiro atoms. The minimum absolute atomic E-state index is 0.0168. The number of hydrogen-bond donors (Lipinski definition) is 3. The average molecular weight is 134 g/mol. The summed E-state index contributed by atoms with van der Waals surface area (Å²) in [6.07, 6.45) is 0.355. The molecule has 0 rings (SSSR count). The number of rotatable bonds is 4. The van der Waals surface area contributed by atoms with Crippen molar-refractivity contribution in [3.8, 4) is 0 Å². The van der Waals surface area contributed by atoms with Gasteiger partial charge in [-0.15, -0.1) is 0 Å². The van der Waals surface area contributed by atoms with E-state index in [4.69, 9.17) is 10.9 Å². The molecule has 0 aliphatic carbocycles. The van der Waals surface area contributed by atoms with E-state index >= 15 is 0 Å². The summed E-state index contributed by atoms with van der Waals surface area (Å²) < 4.78 is 0. The molecule has 1 atom stereocenters. The normalized spacial score (nSPS) is 13.1. The highest BCUT2D eigenvalue weighted by atomic mass is 16.5. The molecule has 0 bridgehead atoms. The first-order valence-corrected chi connectivity index (χ1v) is 2.63. The Morgan fingerprint density at radius 1 is 1.78 bits per heavy atom. The van der Waals surface area contributed by atoms with Gasteiger partial charge in [0.05, 0.1) is 13.0 Å². The predicted molar refractivity (Wildman–Crippen MR) is 30.3 cm³/mol. The minimum Gasteiger partial charge on any atom is -0.613 e. The Morgan fingerprint density at radius 3 is 2.67 bits per heavy atom. The number of quaternary nitrogens is 1. The van der Waals surface area contributed by atoms with Crippen LogP contribution in [0, 0.1) is 5.21 Å². The second-order valence-electron chi connectivity index (χ2n) is 1.71. The van der Waals surface area contributed by atoms with Gasteiger partial charge in [0, 0.05) is 6.42 Å². The molecular weight excluding hydrogens is 124 g/mol. The van der Waals surface area contributed by atoms with Gasteiger partial charge in [-0.1, -0.05) is 0 Å². The van der Waals surface area contributed by atoms with Crippen molar-refractivity contribution in [2.75, 3.05) is 6.54 Å². The molecule has 0 saturated carbocycles. The monoisotopic (exact) mass is 134 g/mol. The minimum atomic E-state index is -0.892. The zero-order chi connectivity index (χ0) is 7.28. The number of carboxylic acid groups (broad SMARTS) is 1. The Balaban J connectivity index is 3.01.